The predicted molar refractivity (Wildman–Crippen MR) is 48.2 cm³/mol. The molecule has 0 amide bonds. The summed E-state index contributed by atoms with van der Waals surface area (Å²) in [5.74, 6) is 0.451. The topological polar surface area (TPSA) is 60.7 Å². The van der Waals surface area contributed by atoms with Crippen LogP contribution in [-0.4, -0.2) is 32.6 Å². The Labute approximate surface area is 78.4 Å². The zero-order valence-electron chi connectivity index (χ0n) is 8.03. The molecule has 0 heterocycles. The molecular formula is C10H18O3. The summed E-state index contributed by atoms with van der Waals surface area (Å²) in [7, 11) is 0. The highest BCUT2D eigenvalue weighted by Crippen LogP contribution is 2.48. The fraction of sp³-hybridized carbons (Fsp3) is 1.00. The van der Waals surface area contributed by atoms with Crippen LogP contribution in [0.3, 0.4) is 0 Å². The van der Waals surface area contributed by atoms with Gasteiger partial charge in [-0.2, -0.15) is 0 Å². The van der Waals surface area contributed by atoms with Crippen LogP contribution in [0.25, 0.3) is 0 Å². The summed E-state index contributed by atoms with van der Waals surface area (Å²) in [6.45, 7) is 1.78. The zero-order chi connectivity index (χ0) is 9.69. The molecule has 2 bridgehead atoms. The molecule has 3 heteroatoms. The molecule has 0 aliphatic heterocycles. The third-order valence-corrected chi connectivity index (χ3v) is 3.36. The van der Waals surface area contributed by atoms with Gasteiger partial charge in [-0.25, -0.2) is 0 Å². The lowest BCUT2D eigenvalue weighted by Crippen LogP contribution is -2.52. The van der Waals surface area contributed by atoms with Gasteiger partial charge in [-0.3, -0.25) is 0 Å². The molecule has 3 aliphatic rings. The van der Waals surface area contributed by atoms with Crippen molar-refractivity contribution in [2.24, 2.45) is 5.92 Å². The second-order valence-corrected chi connectivity index (χ2v) is 5.26. The van der Waals surface area contributed by atoms with Gasteiger partial charge in [-0.05, 0) is 32.1 Å². The van der Waals surface area contributed by atoms with Crippen molar-refractivity contribution in [2.75, 3.05) is 0 Å². The van der Waals surface area contributed by atoms with Crippen LogP contribution in [0.5, 0.6) is 0 Å². The van der Waals surface area contributed by atoms with Crippen LogP contribution >= 0.6 is 0 Å². The van der Waals surface area contributed by atoms with Crippen LogP contribution < -0.4 is 0 Å². The summed E-state index contributed by atoms with van der Waals surface area (Å²) in [6.07, 6.45) is 2.49. The molecule has 0 aromatic heterocycles. The Hall–Kier alpha value is -0.120. The molecule has 0 aromatic rings. The van der Waals surface area contributed by atoms with Crippen LogP contribution in [0.15, 0.2) is 0 Å². The Morgan fingerprint density at radius 2 is 1.62 bits per heavy atom. The molecule has 0 radical (unpaired) electrons. The summed E-state index contributed by atoms with van der Waals surface area (Å²) < 4.78 is 0. The molecule has 3 N–H and O–H groups in total. The molecule has 3 saturated carbocycles. The fourth-order valence-electron chi connectivity index (χ4n) is 3.05. The summed E-state index contributed by atoms with van der Waals surface area (Å²) in [5.41, 5.74) is -1.37. The maximum absolute atomic E-state index is 9.89. The fourth-order valence-corrected chi connectivity index (χ4v) is 3.05. The molecule has 0 aromatic carbocycles. The van der Waals surface area contributed by atoms with Gasteiger partial charge in [0, 0.05) is 12.8 Å². The van der Waals surface area contributed by atoms with Crippen molar-refractivity contribution in [3.8, 4) is 0 Å². The standard InChI is InChI=1S/C10H18O3/c1-9(12)2-7-3-10(13,4-7)6-8(11)5-9/h7-8,11-13H,2-6H2,1H3/t7?,8?,9-,10?/m0/s1. The minimum absolute atomic E-state index is 0.395. The van der Waals surface area contributed by atoms with Crippen LogP contribution in [-0.2, 0) is 0 Å². The monoisotopic (exact) mass is 186 g/mol. The highest BCUT2D eigenvalue weighted by atomic mass is 16.3. The lowest BCUT2D eigenvalue weighted by molar-refractivity contribution is -0.149. The first kappa shape index (κ1) is 9.44. The van der Waals surface area contributed by atoms with E-state index in [9.17, 15) is 15.3 Å². The maximum atomic E-state index is 9.89. The molecule has 3 fully saturated rings. The molecule has 3 rings (SSSR count). The summed E-state index contributed by atoms with van der Waals surface area (Å²) in [4.78, 5) is 0. The van der Waals surface area contributed by atoms with Crippen molar-refractivity contribution in [1.29, 1.82) is 0 Å². The van der Waals surface area contributed by atoms with Gasteiger partial charge in [0.1, 0.15) is 0 Å². The van der Waals surface area contributed by atoms with Gasteiger partial charge in [0.15, 0.2) is 0 Å². The predicted octanol–water partition coefficient (Wildman–Crippen LogP) is 0.423. The molecule has 3 aliphatic carbocycles. The van der Waals surface area contributed by atoms with Gasteiger partial charge in [-0.15, -0.1) is 0 Å². The van der Waals surface area contributed by atoms with Crippen molar-refractivity contribution in [3.05, 3.63) is 0 Å². The van der Waals surface area contributed by atoms with E-state index in [4.69, 9.17) is 0 Å². The third-order valence-electron chi connectivity index (χ3n) is 3.36. The number of rotatable bonds is 0. The average Bonchev–Trinajstić information content (AvgIpc) is 1.77. The molecule has 13 heavy (non-hydrogen) atoms. The number of hydrogen-bond donors (Lipinski definition) is 3. The van der Waals surface area contributed by atoms with Gasteiger partial charge < -0.3 is 15.3 Å². The van der Waals surface area contributed by atoms with Crippen molar-refractivity contribution in [1.82, 2.24) is 0 Å². The van der Waals surface area contributed by atoms with E-state index >= 15 is 0 Å². The van der Waals surface area contributed by atoms with E-state index in [1.807, 2.05) is 0 Å². The van der Waals surface area contributed by atoms with E-state index in [0.29, 0.717) is 25.2 Å². The van der Waals surface area contributed by atoms with Crippen LogP contribution in [0.2, 0.25) is 0 Å². The van der Waals surface area contributed by atoms with Crippen molar-refractivity contribution >= 4 is 0 Å². The second-order valence-electron chi connectivity index (χ2n) is 5.26. The molecule has 3 nitrogen and oxygen atoms in total. The lowest BCUT2D eigenvalue weighted by Gasteiger charge is -2.50. The minimum Gasteiger partial charge on any atom is -0.393 e. The van der Waals surface area contributed by atoms with Crippen molar-refractivity contribution < 1.29 is 15.3 Å². The smallest absolute Gasteiger partial charge is 0.0677 e. The second kappa shape index (κ2) is 2.69. The Bertz CT molecular complexity index is 200. The molecule has 0 saturated heterocycles. The molecule has 2 atom stereocenters. The van der Waals surface area contributed by atoms with Crippen LogP contribution in [0.1, 0.15) is 39.0 Å². The van der Waals surface area contributed by atoms with E-state index < -0.39 is 17.3 Å². The lowest BCUT2D eigenvalue weighted by atomic mass is 9.62. The largest absolute Gasteiger partial charge is 0.393 e. The Morgan fingerprint density at radius 3 is 2.23 bits per heavy atom. The summed E-state index contributed by atoms with van der Waals surface area (Å²) in [6, 6.07) is 0. The summed E-state index contributed by atoms with van der Waals surface area (Å²) in [5, 5.41) is 29.3. The first-order valence-electron chi connectivity index (χ1n) is 5.01. The highest BCUT2D eigenvalue weighted by Gasteiger charge is 2.48. The first-order valence-corrected chi connectivity index (χ1v) is 5.01. The number of aliphatic hydroxyl groups excluding tert-OH is 1. The van der Waals surface area contributed by atoms with E-state index in [1.165, 1.54) is 0 Å². The SMILES string of the molecule is C[C@@]1(O)CC(O)CC2(O)CC(C2)C1. The van der Waals surface area contributed by atoms with Crippen molar-refractivity contribution in [2.45, 2.75) is 56.3 Å². The van der Waals surface area contributed by atoms with Gasteiger partial charge in [-0.1, -0.05) is 0 Å². The minimum atomic E-state index is -0.744. The molecule has 1 unspecified atom stereocenters. The highest BCUT2D eigenvalue weighted by molar-refractivity contribution is 5.01. The Morgan fingerprint density at radius 1 is 1.00 bits per heavy atom. The Kier molecular flexibility index (Phi) is 1.95. The molecule has 0 spiro atoms. The van der Waals surface area contributed by atoms with Gasteiger partial charge in [0.05, 0.1) is 17.3 Å². The number of fused-ring (bicyclic) bond motifs is 4. The molecule has 76 valence electrons. The molecular weight excluding hydrogens is 168 g/mol. The summed E-state index contributed by atoms with van der Waals surface area (Å²) >= 11 is 0. The normalized spacial score (nSPS) is 56.3. The van der Waals surface area contributed by atoms with Crippen LogP contribution in [0.4, 0.5) is 0 Å². The van der Waals surface area contributed by atoms with E-state index in [-0.39, 0.29) is 0 Å². The van der Waals surface area contributed by atoms with Crippen molar-refractivity contribution in [3.63, 3.8) is 0 Å². The first-order chi connectivity index (χ1) is 5.89. The van der Waals surface area contributed by atoms with Gasteiger partial charge >= 0.3 is 0 Å². The van der Waals surface area contributed by atoms with E-state index in [1.54, 1.807) is 6.92 Å². The third kappa shape index (κ3) is 1.87. The quantitative estimate of drug-likeness (QED) is 0.514. The van der Waals surface area contributed by atoms with E-state index in [0.717, 1.165) is 12.8 Å². The maximum Gasteiger partial charge on any atom is 0.0677 e. The van der Waals surface area contributed by atoms with E-state index in [2.05, 4.69) is 0 Å². The zero-order valence-corrected chi connectivity index (χ0v) is 8.03. The van der Waals surface area contributed by atoms with Crippen LogP contribution in [0, 0.1) is 5.92 Å². The number of aliphatic hydroxyl groups is 3. The van der Waals surface area contributed by atoms with Gasteiger partial charge in [0.25, 0.3) is 0 Å². The van der Waals surface area contributed by atoms with Gasteiger partial charge in [0.2, 0.25) is 0 Å². The average molecular weight is 186 g/mol. The number of hydrogen-bond acceptors (Lipinski definition) is 3. The Balaban J connectivity index is 2.07.